The van der Waals surface area contributed by atoms with Gasteiger partial charge in [0.05, 0.1) is 34.9 Å². The van der Waals surface area contributed by atoms with E-state index in [1.165, 1.54) is 49.1 Å². The quantitative estimate of drug-likeness (QED) is 0.109. The maximum atomic E-state index is 11.7. The summed E-state index contributed by atoms with van der Waals surface area (Å²) in [5.41, 5.74) is 6.85. The number of para-hydroxylation sites is 1. The molecule has 0 bridgehead atoms. The molecule has 0 radical (unpaired) electrons. The SMILES string of the molecule is O=C(O)c1ccncc1NCc1ccccc1Oc1cccc(Cc2ccc(C3CC3)c(CNc3cnccc3C(=O)O)c2)c1. The number of nitrogens with one attached hydrogen (secondary N) is 2. The van der Waals surface area contributed by atoms with Gasteiger partial charge in [0.25, 0.3) is 0 Å². The summed E-state index contributed by atoms with van der Waals surface area (Å²) in [5, 5.41) is 25.5. The Labute approximate surface area is 260 Å². The fourth-order valence-electron chi connectivity index (χ4n) is 5.37. The normalized spacial score (nSPS) is 12.4. The van der Waals surface area contributed by atoms with E-state index in [2.05, 4.69) is 44.9 Å². The number of anilines is 2. The van der Waals surface area contributed by atoms with Crippen LogP contribution in [0.1, 0.15) is 67.3 Å². The molecule has 4 N–H and O–H groups in total. The molecular weight excluding hydrogens is 568 g/mol. The van der Waals surface area contributed by atoms with Crippen LogP contribution in [0.2, 0.25) is 0 Å². The highest BCUT2D eigenvalue weighted by Gasteiger charge is 2.26. The number of benzene rings is 3. The van der Waals surface area contributed by atoms with Crippen molar-refractivity contribution < 1.29 is 24.5 Å². The first-order chi connectivity index (χ1) is 21.9. The summed E-state index contributed by atoms with van der Waals surface area (Å²) in [6.45, 7) is 0.867. The highest BCUT2D eigenvalue weighted by atomic mass is 16.5. The van der Waals surface area contributed by atoms with E-state index in [1.54, 1.807) is 6.20 Å². The van der Waals surface area contributed by atoms with Crippen LogP contribution in [0.5, 0.6) is 11.5 Å². The van der Waals surface area contributed by atoms with Gasteiger partial charge in [0.1, 0.15) is 11.5 Å². The first-order valence-corrected chi connectivity index (χ1v) is 14.7. The number of hydrogen-bond acceptors (Lipinski definition) is 7. The van der Waals surface area contributed by atoms with Crippen LogP contribution in [0.4, 0.5) is 11.4 Å². The number of nitrogens with zero attached hydrogens (tertiary/aromatic N) is 2. The van der Waals surface area contributed by atoms with E-state index in [0.717, 1.165) is 22.3 Å². The molecule has 9 heteroatoms. The number of pyridine rings is 2. The van der Waals surface area contributed by atoms with E-state index < -0.39 is 11.9 Å². The van der Waals surface area contributed by atoms with Crippen LogP contribution in [-0.2, 0) is 19.5 Å². The molecule has 6 rings (SSSR count). The van der Waals surface area contributed by atoms with E-state index in [4.69, 9.17) is 4.74 Å². The molecule has 45 heavy (non-hydrogen) atoms. The van der Waals surface area contributed by atoms with Gasteiger partial charge in [-0.25, -0.2) is 9.59 Å². The standard InChI is InChI=1S/C36H32N4O5/c41-35(42)30-12-14-37-21-32(30)39-19-26-5-1-2-7-34(26)45-28-6-3-4-23(18-28)16-24-8-11-29(25-9-10-25)27(17-24)20-40-33-22-38-15-13-31(33)36(43)44/h1-8,11-15,17-18,21-22,25,39-40H,9-10,16,19-20H2,(H,41,42)(H,43,44). The summed E-state index contributed by atoms with van der Waals surface area (Å²) in [7, 11) is 0. The van der Waals surface area contributed by atoms with Crippen LogP contribution in [0.25, 0.3) is 0 Å². The van der Waals surface area contributed by atoms with E-state index in [9.17, 15) is 19.8 Å². The lowest BCUT2D eigenvalue weighted by atomic mass is 9.96. The molecule has 0 aliphatic heterocycles. The predicted molar refractivity (Wildman–Crippen MR) is 171 cm³/mol. The fourth-order valence-corrected chi connectivity index (χ4v) is 5.37. The number of carboxylic acids is 2. The summed E-state index contributed by atoms with van der Waals surface area (Å²) in [5.74, 6) is -0.0997. The van der Waals surface area contributed by atoms with Gasteiger partial charge in [-0.3, -0.25) is 9.97 Å². The lowest BCUT2D eigenvalue weighted by molar-refractivity contribution is 0.0687. The monoisotopic (exact) mass is 600 g/mol. The number of aromatic carboxylic acids is 2. The van der Waals surface area contributed by atoms with Crippen LogP contribution in [-0.4, -0.2) is 32.1 Å². The van der Waals surface area contributed by atoms with Crippen LogP contribution in [0.3, 0.4) is 0 Å². The molecule has 1 fully saturated rings. The third kappa shape index (κ3) is 7.27. The zero-order chi connectivity index (χ0) is 31.2. The Balaban J connectivity index is 1.16. The number of carbonyl (C=O) groups is 2. The van der Waals surface area contributed by atoms with Crippen LogP contribution in [0, 0.1) is 0 Å². The molecule has 1 aliphatic rings. The third-order valence-electron chi connectivity index (χ3n) is 7.77. The van der Waals surface area contributed by atoms with Crippen molar-refractivity contribution in [2.24, 2.45) is 0 Å². The largest absolute Gasteiger partial charge is 0.478 e. The summed E-state index contributed by atoms with van der Waals surface area (Å²) >= 11 is 0. The predicted octanol–water partition coefficient (Wildman–Crippen LogP) is 7.36. The zero-order valence-electron chi connectivity index (χ0n) is 24.4. The van der Waals surface area contributed by atoms with E-state index >= 15 is 0 Å². The molecule has 0 spiro atoms. The molecule has 5 aromatic rings. The topological polar surface area (TPSA) is 134 Å². The Morgan fingerprint density at radius 3 is 2.04 bits per heavy atom. The number of rotatable bonds is 13. The second-order valence-corrected chi connectivity index (χ2v) is 11.0. The van der Waals surface area contributed by atoms with Crippen molar-refractivity contribution in [2.75, 3.05) is 10.6 Å². The molecular formula is C36H32N4O5. The van der Waals surface area contributed by atoms with Crippen molar-refractivity contribution in [1.29, 1.82) is 0 Å². The molecule has 3 aromatic carbocycles. The Hall–Kier alpha value is -5.70. The van der Waals surface area contributed by atoms with Gasteiger partial charge in [-0.15, -0.1) is 0 Å². The van der Waals surface area contributed by atoms with Crippen LogP contribution < -0.4 is 15.4 Å². The molecule has 226 valence electrons. The Morgan fingerprint density at radius 2 is 1.38 bits per heavy atom. The average Bonchev–Trinajstić information content (AvgIpc) is 3.89. The smallest absolute Gasteiger partial charge is 0.337 e. The van der Waals surface area contributed by atoms with Gasteiger partial charge in [-0.05, 0) is 77.8 Å². The van der Waals surface area contributed by atoms with Crippen LogP contribution in [0.15, 0.2) is 104 Å². The summed E-state index contributed by atoms with van der Waals surface area (Å²) in [6, 6.07) is 25.2. The molecule has 0 atom stereocenters. The Kier molecular flexibility index (Phi) is 8.68. The minimum atomic E-state index is -1.02. The first kappa shape index (κ1) is 29.4. The number of aromatic nitrogens is 2. The first-order valence-electron chi connectivity index (χ1n) is 14.7. The van der Waals surface area contributed by atoms with Crippen molar-refractivity contribution in [3.05, 3.63) is 143 Å². The van der Waals surface area contributed by atoms with Crippen molar-refractivity contribution >= 4 is 23.3 Å². The van der Waals surface area contributed by atoms with E-state index in [0.29, 0.717) is 48.3 Å². The second kappa shape index (κ2) is 13.3. The molecule has 2 heterocycles. The van der Waals surface area contributed by atoms with Gasteiger partial charge in [0, 0.05) is 31.0 Å². The van der Waals surface area contributed by atoms with Crippen molar-refractivity contribution in [2.45, 2.75) is 38.3 Å². The van der Waals surface area contributed by atoms with Gasteiger partial charge in [0.2, 0.25) is 0 Å². The van der Waals surface area contributed by atoms with E-state index in [1.807, 2.05) is 42.5 Å². The van der Waals surface area contributed by atoms with E-state index in [-0.39, 0.29) is 11.1 Å². The molecule has 1 saturated carbocycles. The number of hydrogen-bond donors (Lipinski definition) is 4. The highest BCUT2D eigenvalue weighted by Crippen LogP contribution is 2.42. The Morgan fingerprint density at radius 1 is 0.733 bits per heavy atom. The molecule has 9 nitrogen and oxygen atoms in total. The zero-order valence-corrected chi connectivity index (χ0v) is 24.4. The molecule has 2 aromatic heterocycles. The van der Waals surface area contributed by atoms with Gasteiger partial charge in [-0.2, -0.15) is 0 Å². The minimum absolute atomic E-state index is 0.155. The maximum Gasteiger partial charge on any atom is 0.337 e. The van der Waals surface area contributed by atoms with Gasteiger partial charge < -0.3 is 25.6 Å². The minimum Gasteiger partial charge on any atom is -0.478 e. The lowest BCUT2D eigenvalue weighted by Crippen LogP contribution is -2.08. The fraction of sp³-hybridized carbons (Fsp3) is 0.167. The molecule has 0 unspecified atom stereocenters. The van der Waals surface area contributed by atoms with Crippen molar-refractivity contribution in [1.82, 2.24) is 9.97 Å². The molecule has 0 saturated heterocycles. The van der Waals surface area contributed by atoms with Crippen LogP contribution >= 0.6 is 0 Å². The van der Waals surface area contributed by atoms with Crippen molar-refractivity contribution in [3.63, 3.8) is 0 Å². The third-order valence-corrected chi connectivity index (χ3v) is 7.77. The molecule has 1 aliphatic carbocycles. The summed E-state index contributed by atoms with van der Waals surface area (Å²) < 4.78 is 6.32. The number of carboxylic acid groups (broad SMARTS) is 2. The summed E-state index contributed by atoms with van der Waals surface area (Å²) in [6.07, 6.45) is 9.02. The highest BCUT2D eigenvalue weighted by molar-refractivity contribution is 5.94. The maximum absolute atomic E-state index is 11.7. The van der Waals surface area contributed by atoms with Gasteiger partial charge in [0.15, 0.2) is 0 Å². The van der Waals surface area contributed by atoms with Gasteiger partial charge >= 0.3 is 11.9 Å². The Bertz CT molecular complexity index is 1850. The number of ether oxygens (including phenoxy) is 1. The van der Waals surface area contributed by atoms with Gasteiger partial charge in [-0.1, -0.05) is 48.5 Å². The van der Waals surface area contributed by atoms with Crippen molar-refractivity contribution in [3.8, 4) is 11.5 Å². The molecule has 0 amide bonds. The summed E-state index contributed by atoms with van der Waals surface area (Å²) in [4.78, 5) is 31.4. The average molecular weight is 601 g/mol. The lowest BCUT2D eigenvalue weighted by Gasteiger charge is -2.15. The second-order valence-electron chi connectivity index (χ2n) is 11.0.